The summed E-state index contributed by atoms with van der Waals surface area (Å²) in [5.74, 6) is 0. The first-order valence-corrected chi connectivity index (χ1v) is 4.43. The van der Waals surface area contributed by atoms with E-state index in [0.29, 0.717) is 6.61 Å². The van der Waals surface area contributed by atoms with E-state index < -0.39 is 6.09 Å². The summed E-state index contributed by atoms with van der Waals surface area (Å²) in [5.41, 5.74) is 4.83. The minimum absolute atomic E-state index is 0.426. The fraction of sp³-hybridized carbons (Fsp3) is 0.875. The molecular formula is C8H16N2O2. The third-order valence-electron chi connectivity index (χ3n) is 2.10. The second-order valence-corrected chi connectivity index (χ2v) is 3.07. The Bertz CT molecular complexity index is 144. The highest BCUT2D eigenvalue weighted by molar-refractivity contribution is 5.64. The minimum atomic E-state index is -0.674. The lowest BCUT2D eigenvalue weighted by Gasteiger charge is -2.25. The maximum atomic E-state index is 10.2. The van der Waals surface area contributed by atoms with Crippen LogP contribution in [0.2, 0.25) is 0 Å². The summed E-state index contributed by atoms with van der Waals surface area (Å²) < 4.78 is 4.64. The van der Waals surface area contributed by atoms with Crippen molar-refractivity contribution in [3.8, 4) is 0 Å². The SMILES string of the molecule is NC(=O)OCCN1CCCCC1. The number of nitrogens with two attached hydrogens (primary N) is 1. The largest absolute Gasteiger partial charge is 0.448 e. The molecule has 1 aliphatic heterocycles. The van der Waals surface area contributed by atoms with Gasteiger partial charge >= 0.3 is 6.09 Å². The van der Waals surface area contributed by atoms with E-state index in [2.05, 4.69) is 9.64 Å². The molecule has 70 valence electrons. The van der Waals surface area contributed by atoms with E-state index in [9.17, 15) is 4.79 Å². The Labute approximate surface area is 72.7 Å². The molecule has 1 saturated heterocycles. The van der Waals surface area contributed by atoms with Crippen molar-refractivity contribution in [3.05, 3.63) is 0 Å². The third-order valence-corrected chi connectivity index (χ3v) is 2.10. The summed E-state index contributed by atoms with van der Waals surface area (Å²) in [6.07, 6.45) is 3.17. The first kappa shape index (κ1) is 9.32. The first-order valence-electron chi connectivity index (χ1n) is 4.43. The van der Waals surface area contributed by atoms with Crippen LogP contribution < -0.4 is 5.73 Å². The van der Waals surface area contributed by atoms with Gasteiger partial charge in [0.25, 0.3) is 0 Å². The quantitative estimate of drug-likeness (QED) is 0.677. The third kappa shape index (κ3) is 3.57. The Morgan fingerprint density at radius 1 is 1.33 bits per heavy atom. The zero-order valence-electron chi connectivity index (χ0n) is 7.29. The maximum Gasteiger partial charge on any atom is 0.404 e. The molecule has 0 aliphatic carbocycles. The number of carbonyl (C=O) groups excluding carboxylic acids is 1. The number of piperidine rings is 1. The Morgan fingerprint density at radius 2 is 2.00 bits per heavy atom. The molecule has 0 aromatic rings. The Balaban J connectivity index is 2.01. The van der Waals surface area contributed by atoms with Crippen molar-refractivity contribution in [3.63, 3.8) is 0 Å². The van der Waals surface area contributed by atoms with Crippen molar-refractivity contribution in [2.24, 2.45) is 5.73 Å². The number of primary amides is 1. The highest BCUT2D eigenvalue weighted by atomic mass is 16.5. The fourth-order valence-electron chi connectivity index (χ4n) is 1.46. The molecule has 2 N–H and O–H groups in total. The topological polar surface area (TPSA) is 55.6 Å². The van der Waals surface area contributed by atoms with Crippen LogP contribution in [0.4, 0.5) is 4.79 Å². The number of rotatable bonds is 3. The molecule has 1 fully saturated rings. The molecule has 1 rings (SSSR count). The van der Waals surface area contributed by atoms with Crippen LogP contribution in [-0.2, 0) is 4.74 Å². The van der Waals surface area contributed by atoms with Crippen LogP contribution in [-0.4, -0.2) is 37.2 Å². The molecule has 1 aliphatic rings. The van der Waals surface area contributed by atoms with Crippen LogP contribution in [0.15, 0.2) is 0 Å². The van der Waals surface area contributed by atoms with E-state index in [0.717, 1.165) is 19.6 Å². The fourth-order valence-corrected chi connectivity index (χ4v) is 1.46. The number of carbonyl (C=O) groups is 1. The smallest absolute Gasteiger partial charge is 0.404 e. The molecule has 0 spiro atoms. The van der Waals surface area contributed by atoms with Gasteiger partial charge in [0, 0.05) is 6.54 Å². The Kier molecular flexibility index (Phi) is 3.87. The molecule has 0 radical (unpaired) electrons. The zero-order valence-corrected chi connectivity index (χ0v) is 7.29. The van der Waals surface area contributed by atoms with E-state index in [1.54, 1.807) is 0 Å². The number of nitrogens with zero attached hydrogens (tertiary/aromatic N) is 1. The number of hydrogen-bond acceptors (Lipinski definition) is 3. The van der Waals surface area contributed by atoms with Gasteiger partial charge in [-0.1, -0.05) is 6.42 Å². The number of likely N-dealkylation sites (tertiary alicyclic amines) is 1. The molecule has 1 heterocycles. The van der Waals surface area contributed by atoms with E-state index in [4.69, 9.17) is 5.73 Å². The van der Waals surface area contributed by atoms with Gasteiger partial charge < -0.3 is 10.5 Å². The van der Waals surface area contributed by atoms with E-state index in [1.807, 2.05) is 0 Å². The lowest BCUT2D eigenvalue weighted by atomic mass is 10.1. The molecule has 4 nitrogen and oxygen atoms in total. The van der Waals surface area contributed by atoms with Gasteiger partial charge in [0.2, 0.25) is 0 Å². The number of hydrogen-bond donors (Lipinski definition) is 1. The Hall–Kier alpha value is -0.770. The summed E-state index contributed by atoms with van der Waals surface area (Å²) in [4.78, 5) is 12.5. The van der Waals surface area contributed by atoms with Crippen LogP contribution in [0.3, 0.4) is 0 Å². The average Bonchev–Trinajstić information content (AvgIpc) is 2.05. The van der Waals surface area contributed by atoms with Gasteiger partial charge in [0.15, 0.2) is 0 Å². The molecule has 0 bridgehead atoms. The van der Waals surface area contributed by atoms with E-state index in [-0.39, 0.29) is 0 Å². The molecule has 0 aromatic heterocycles. The van der Waals surface area contributed by atoms with Crippen LogP contribution in [0.1, 0.15) is 19.3 Å². The van der Waals surface area contributed by atoms with Gasteiger partial charge in [0.1, 0.15) is 6.61 Å². The predicted molar refractivity (Wildman–Crippen MR) is 45.8 cm³/mol. The second-order valence-electron chi connectivity index (χ2n) is 3.07. The zero-order chi connectivity index (χ0) is 8.81. The summed E-state index contributed by atoms with van der Waals surface area (Å²) in [5, 5.41) is 0. The first-order chi connectivity index (χ1) is 5.79. The lowest BCUT2D eigenvalue weighted by molar-refractivity contribution is 0.128. The van der Waals surface area contributed by atoms with Gasteiger partial charge in [-0.15, -0.1) is 0 Å². The van der Waals surface area contributed by atoms with Crippen molar-refractivity contribution in [1.82, 2.24) is 4.90 Å². The van der Waals surface area contributed by atoms with Gasteiger partial charge in [0.05, 0.1) is 0 Å². The van der Waals surface area contributed by atoms with E-state index >= 15 is 0 Å². The molecule has 12 heavy (non-hydrogen) atoms. The lowest BCUT2D eigenvalue weighted by Crippen LogP contribution is -2.33. The number of ether oxygens (including phenoxy) is 1. The van der Waals surface area contributed by atoms with Crippen LogP contribution in [0.5, 0.6) is 0 Å². The van der Waals surface area contributed by atoms with Gasteiger partial charge in [-0.25, -0.2) is 4.79 Å². The van der Waals surface area contributed by atoms with Gasteiger partial charge in [-0.3, -0.25) is 4.90 Å². The van der Waals surface area contributed by atoms with Crippen molar-refractivity contribution in [2.45, 2.75) is 19.3 Å². The standard InChI is InChI=1S/C8H16N2O2/c9-8(11)12-7-6-10-4-2-1-3-5-10/h1-7H2,(H2,9,11). The maximum absolute atomic E-state index is 10.2. The molecule has 4 heteroatoms. The molecule has 1 amide bonds. The Morgan fingerprint density at radius 3 is 2.58 bits per heavy atom. The van der Waals surface area contributed by atoms with Crippen molar-refractivity contribution in [1.29, 1.82) is 0 Å². The minimum Gasteiger partial charge on any atom is -0.448 e. The monoisotopic (exact) mass is 172 g/mol. The molecule has 0 saturated carbocycles. The van der Waals surface area contributed by atoms with Crippen molar-refractivity contribution in [2.75, 3.05) is 26.2 Å². The van der Waals surface area contributed by atoms with Gasteiger partial charge in [-0.05, 0) is 25.9 Å². The summed E-state index contributed by atoms with van der Waals surface area (Å²) >= 11 is 0. The van der Waals surface area contributed by atoms with Gasteiger partial charge in [-0.2, -0.15) is 0 Å². The summed E-state index contributed by atoms with van der Waals surface area (Å²) in [6, 6.07) is 0. The van der Waals surface area contributed by atoms with Crippen molar-refractivity contribution < 1.29 is 9.53 Å². The van der Waals surface area contributed by atoms with E-state index in [1.165, 1.54) is 19.3 Å². The molecule has 0 atom stereocenters. The van der Waals surface area contributed by atoms with Crippen LogP contribution in [0, 0.1) is 0 Å². The average molecular weight is 172 g/mol. The summed E-state index contributed by atoms with van der Waals surface area (Å²) in [6.45, 7) is 3.50. The highest BCUT2D eigenvalue weighted by Gasteiger charge is 2.09. The van der Waals surface area contributed by atoms with Crippen molar-refractivity contribution >= 4 is 6.09 Å². The predicted octanol–water partition coefficient (Wildman–Crippen LogP) is 0.568. The second kappa shape index (κ2) is 4.98. The molecule has 0 unspecified atom stereocenters. The highest BCUT2D eigenvalue weighted by Crippen LogP contribution is 2.07. The normalized spacial score (nSPS) is 19.0. The molecular weight excluding hydrogens is 156 g/mol. The van der Waals surface area contributed by atoms with Crippen LogP contribution >= 0.6 is 0 Å². The number of amides is 1. The summed E-state index contributed by atoms with van der Waals surface area (Å²) in [7, 11) is 0. The molecule has 0 aromatic carbocycles. The van der Waals surface area contributed by atoms with Crippen LogP contribution in [0.25, 0.3) is 0 Å².